The monoisotopic (exact) mass is 512 g/mol. The average Bonchev–Trinajstić information content (AvgIpc) is 3.31. The molecule has 0 amide bonds. The van der Waals surface area contributed by atoms with Gasteiger partial charge in [0.05, 0.1) is 26.2 Å². The lowest BCUT2D eigenvalue weighted by molar-refractivity contribution is 0.459. The Labute approximate surface area is 210 Å². The van der Waals surface area contributed by atoms with E-state index < -0.39 is 17.5 Å². The highest BCUT2D eigenvalue weighted by Gasteiger charge is 2.25. The highest BCUT2D eigenvalue weighted by Crippen LogP contribution is 2.43. The summed E-state index contributed by atoms with van der Waals surface area (Å²) < 4.78 is 46.2. The largest absolute Gasteiger partial charge is 0.323 e. The molecule has 4 aromatic rings. The minimum absolute atomic E-state index is 0.0459. The van der Waals surface area contributed by atoms with E-state index in [9.17, 15) is 8.78 Å². The number of nitrogens with zero attached hydrogens (tertiary/aromatic N) is 2. The van der Waals surface area contributed by atoms with Gasteiger partial charge in [-0.05, 0) is 92.8 Å². The fourth-order valence-corrected chi connectivity index (χ4v) is 6.06. The number of nitrogens with one attached hydrogen (secondary N) is 2. The van der Waals surface area contributed by atoms with Crippen molar-refractivity contribution in [3.8, 4) is 21.7 Å². The first kappa shape index (κ1) is 23.8. The van der Waals surface area contributed by atoms with Crippen LogP contribution in [0.4, 0.5) is 18.9 Å². The molecule has 0 aliphatic carbocycles. The van der Waals surface area contributed by atoms with E-state index >= 15 is 4.39 Å². The number of hydrogen-bond acceptors (Lipinski definition) is 6. The first-order valence-corrected chi connectivity index (χ1v) is 12.9. The smallest absolute Gasteiger partial charge is 0.156 e. The van der Waals surface area contributed by atoms with E-state index in [0.717, 1.165) is 77.2 Å². The highest BCUT2D eigenvalue weighted by molar-refractivity contribution is 8.00. The van der Waals surface area contributed by atoms with Crippen molar-refractivity contribution in [2.45, 2.75) is 30.6 Å². The van der Waals surface area contributed by atoms with Gasteiger partial charge in [0, 0.05) is 23.4 Å². The lowest BCUT2D eigenvalue weighted by atomic mass is 9.99. The molecular formula is C26H23F3N4S2. The average molecular weight is 513 g/mol. The van der Waals surface area contributed by atoms with Gasteiger partial charge in [0.2, 0.25) is 0 Å². The molecule has 1 aliphatic heterocycles. The molecule has 3 heterocycles. The molecule has 9 heteroatoms. The van der Waals surface area contributed by atoms with E-state index in [0.29, 0.717) is 17.2 Å². The summed E-state index contributed by atoms with van der Waals surface area (Å²) in [6, 6.07) is 12.1. The van der Waals surface area contributed by atoms with Crippen molar-refractivity contribution in [1.29, 1.82) is 0 Å². The molecule has 2 N–H and O–H groups in total. The Kier molecular flexibility index (Phi) is 7.08. The van der Waals surface area contributed by atoms with Crippen LogP contribution in [0, 0.1) is 24.4 Å². The van der Waals surface area contributed by atoms with Crippen molar-refractivity contribution >= 4 is 29.0 Å². The van der Waals surface area contributed by atoms with Crippen LogP contribution in [0.25, 0.3) is 21.7 Å². The quantitative estimate of drug-likeness (QED) is 0.268. The lowest BCUT2D eigenvalue weighted by Crippen LogP contribution is -2.26. The molecule has 180 valence electrons. The van der Waals surface area contributed by atoms with Gasteiger partial charge in [-0.25, -0.2) is 18.2 Å². The van der Waals surface area contributed by atoms with Crippen LogP contribution in [0.2, 0.25) is 0 Å². The van der Waals surface area contributed by atoms with Crippen LogP contribution in [0.15, 0.2) is 59.6 Å². The van der Waals surface area contributed by atoms with Crippen molar-refractivity contribution in [2.75, 3.05) is 17.8 Å². The Hall–Kier alpha value is -2.88. The van der Waals surface area contributed by atoms with Gasteiger partial charge < -0.3 is 10.0 Å². The number of aryl methyl sites for hydroxylation is 1. The van der Waals surface area contributed by atoms with Gasteiger partial charge in [0.25, 0.3) is 0 Å². The molecule has 0 unspecified atom stereocenters. The third kappa shape index (κ3) is 5.22. The highest BCUT2D eigenvalue weighted by atomic mass is 32.2. The number of pyridine rings is 1. The number of benzene rings is 2. The minimum atomic E-state index is -0.582. The normalized spacial score (nSPS) is 14.3. The Morgan fingerprint density at radius 1 is 1.06 bits per heavy atom. The molecule has 1 saturated heterocycles. The summed E-state index contributed by atoms with van der Waals surface area (Å²) in [5.74, 6) is -1.31. The molecule has 5 rings (SSSR count). The molecule has 4 nitrogen and oxygen atoms in total. The van der Waals surface area contributed by atoms with Crippen LogP contribution in [-0.4, -0.2) is 23.1 Å². The standard InChI is InChI=1S/C26H23F3N4S2/c1-15-13-17(9-12-31-15)25-24(32-26(34-25)16-7-10-30-11-8-16)19-3-2-4-21(23(19)29)33-35-22-14-18(27)5-6-20(22)28/h2-6,9,12-14,16,30,33H,7-8,10-11H2,1H3. The summed E-state index contributed by atoms with van der Waals surface area (Å²) in [5.41, 5.74) is 2.92. The van der Waals surface area contributed by atoms with Gasteiger partial charge >= 0.3 is 0 Å². The molecule has 2 aromatic heterocycles. The fourth-order valence-electron chi connectivity index (χ4n) is 4.10. The van der Waals surface area contributed by atoms with E-state index in [1.54, 1.807) is 35.7 Å². The lowest BCUT2D eigenvalue weighted by Gasteiger charge is -2.20. The topological polar surface area (TPSA) is 49.8 Å². The van der Waals surface area contributed by atoms with Crippen molar-refractivity contribution in [3.05, 3.63) is 82.9 Å². The molecule has 0 radical (unpaired) electrons. The van der Waals surface area contributed by atoms with Gasteiger partial charge in [-0.15, -0.1) is 11.3 Å². The molecule has 0 bridgehead atoms. The number of hydrogen-bond donors (Lipinski definition) is 2. The maximum Gasteiger partial charge on any atom is 0.156 e. The number of rotatable bonds is 6. The fraction of sp³-hybridized carbons (Fsp3) is 0.231. The summed E-state index contributed by atoms with van der Waals surface area (Å²) in [5, 5.41) is 4.38. The third-order valence-electron chi connectivity index (χ3n) is 5.91. The molecule has 0 atom stereocenters. The Morgan fingerprint density at radius 3 is 2.69 bits per heavy atom. The summed E-state index contributed by atoms with van der Waals surface area (Å²) in [6.07, 6.45) is 3.72. The number of thiazole rings is 1. The molecule has 0 saturated carbocycles. The van der Waals surface area contributed by atoms with Crippen molar-refractivity contribution in [3.63, 3.8) is 0 Å². The van der Waals surface area contributed by atoms with Gasteiger partial charge in [0.15, 0.2) is 5.82 Å². The second kappa shape index (κ2) is 10.4. The zero-order valence-electron chi connectivity index (χ0n) is 18.9. The summed E-state index contributed by atoms with van der Waals surface area (Å²) >= 11 is 2.43. The molecule has 1 aliphatic rings. The van der Waals surface area contributed by atoms with Crippen LogP contribution >= 0.6 is 23.3 Å². The van der Waals surface area contributed by atoms with E-state index in [4.69, 9.17) is 4.98 Å². The zero-order valence-corrected chi connectivity index (χ0v) is 20.6. The number of anilines is 1. The van der Waals surface area contributed by atoms with Crippen LogP contribution in [-0.2, 0) is 0 Å². The molecule has 1 fully saturated rings. The van der Waals surface area contributed by atoms with Crippen molar-refractivity contribution < 1.29 is 13.2 Å². The predicted molar refractivity (Wildman–Crippen MR) is 136 cm³/mol. The SMILES string of the molecule is Cc1cc(-c2sc(C3CCNCC3)nc2-c2cccc(NSc3cc(F)ccc3F)c2F)ccn1. The molecule has 0 spiro atoms. The first-order valence-electron chi connectivity index (χ1n) is 11.3. The number of halogens is 3. The number of aromatic nitrogens is 2. The summed E-state index contributed by atoms with van der Waals surface area (Å²) in [6.45, 7) is 3.79. The minimum Gasteiger partial charge on any atom is -0.323 e. The van der Waals surface area contributed by atoms with Crippen LogP contribution in [0.1, 0.15) is 29.5 Å². The second-order valence-corrected chi connectivity index (χ2v) is 10.3. The van der Waals surface area contributed by atoms with Gasteiger partial charge in [-0.1, -0.05) is 6.07 Å². The number of piperidine rings is 1. The van der Waals surface area contributed by atoms with Crippen LogP contribution < -0.4 is 10.0 Å². The van der Waals surface area contributed by atoms with Crippen molar-refractivity contribution in [2.24, 2.45) is 0 Å². The second-order valence-electron chi connectivity index (χ2n) is 8.39. The van der Waals surface area contributed by atoms with Gasteiger partial charge in [-0.2, -0.15) is 0 Å². The first-order chi connectivity index (χ1) is 17.0. The van der Waals surface area contributed by atoms with Gasteiger partial charge in [0.1, 0.15) is 11.6 Å². The van der Waals surface area contributed by atoms with Crippen molar-refractivity contribution in [1.82, 2.24) is 15.3 Å². The predicted octanol–water partition coefficient (Wildman–Crippen LogP) is 7.18. The Bertz CT molecular complexity index is 1350. The van der Waals surface area contributed by atoms with E-state index in [1.165, 1.54) is 0 Å². The maximum absolute atomic E-state index is 15.8. The Morgan fingerprint density at radius 2 is 1.89 bits per heavy atom. The maximum atomic E-state index is 15.8. The van der Waals surface area contributed by atoms with Crippen LogP contribution in [0.5, 0.6) is 0 Å². The molecule has 35 heavy (non-hydrogen) atoms. The van der Waals surface area contributed by atoms with E-state index in [2.05, 4.69) is 15.0 Å². The van der Waals surface area contributed by atoms with E-state index in [1.807, 2.05) is 19.1 Å². The zero-order chi connectivity index (χ0) is 24.4. The summed E-state index contributed by atoms with van der Waals surface area (Å²) in [4.78, 5) is 10.2. The Balaban J connectivity index is 1.53. The molecule has 2 aromatic carbocycles. The van der Waals surface area contributed by atoms with E-state index in [-0.39, 0.29) is 10.6 Å². The third-order valence-corrected chi connectivity index (χ3v) is 8.03. The van der Waals surface area contributed by atoms with Crippen LogP contribution in [0.3, 0.4) is 0 Å². The van der Waals surface area contributed by atoms with Gasteiger partial charge in [-0.3, -0.25) is 4.98 Å². The summed E-state index contributed by atoms with van der Waals surface area (Å²) in [7, 11) is 0. The molecular weight excluding hydrogens is 489 g/mol.